The molecule has 26 heavy (non-hydrogen) atoms. The maximum Gasteiger partial charge on any atom is 0.270 e. The van der Waals surface area contributed by atoms with E-state index >= 15 is 0 Å². The molecule has 2 heterocycles. The zero-order chi connectivity index (χ0) is 18.9. The highest BCUT2D eigenvalue weighted by molar-refractivity contribution is 7.91. The second kappa shape index (κ2) is 6.82. The van der Waals surface area contributed by atoms with Gasteiger partial charge in [0.2, 0.25) is 22.2 Å². The molecule has 1 aliphatic rings. The predicted molar refractivity (Wildman–Crippen MR) is 94.6 cm³/mol. The van der Waals surface area contributed by atoms with Crippen LogP contribution in [0, 0.1) is 5.41 Å². The Morgan fingerprint density at radius 3 is 2.69 bits per heavy atom. The maximum atomic E-state index is 12.4. The van der Waals surface area contributed by atoms with Crippen LogP contribution in [0.3, 0.4) is 0 Å². The number of carbonyl (C=O) groups excluding carboxylic acids is 1. The summed E-state index contributed by atoms with van der Waals surface area (Å²) < 4.78 is 37.4. The summed E-state index contributed by atoms with van der Waals surface area (Å²) in [5.41, 5.74) is 0.0890. The first kappa shape index (κ1) is 18.5. The molecule has 11 heteroatoms. The number of sulfonamides is 1. The monoisotopic (exact) mass is 398 g/mol. The van der Waals surface area contributed by atoms with Crippen molar-refractivity contribution < 1.29 is 22.7 Å². The number of hydrogen-bond acceptors (Lipinski definition) is 8. The van der Waals surface area contributed by atoms with Crippen LogP contribution in [-0.4, -0.2) is 31.3 Å². The predicted octanol–water partition coefficient (Wildman–Crippen LogP) is 1.73. The third-order valence-corrected chi connectivity index (χ3v) is 6.05. The third kappa shape index (κ3) is 4.11. The molecular weight excluding hydrogens is 380 g/mol. The highest BCUT2D eigenvalue weighted by Gasteiger charge is 2.25. The summed E-state index contributed by atoms with van der Waals surface area (Å²) in [6, 6.07) is 5.17. The Morgan fingerprint density at radius 2 is 1.96 bits per heavy atom. The molecule has 0 fully saturated rings. The van der Waals surface area contributed by atoms with Gasteiger partial charge in [-0.25, -0.2) is 13.1 Å². The van der Waals surface area contributed by atoms with Gasteiger partial charge in [0.15, 0.2) is 11.5 Å². The van der Waals surface area contributed by atoms with E-state index in [-0.39, 0.29) is 28.7 Å². The number of carbonyl (C=O) groups is 1. The molecule has 140 valence electrons. The van der Waals surface area contributed by atoms with Gasteiger partial charge in [0.25, 0.3) is 10.0 Å². The number of amides is 1. The number of nitrogens with zero attached hydrogens (tertiary/aromatic N) is 2. The van der Waals surface area contributed by atoms with Crippen molar-refractivity contribution in [2.75, 3.05) is 12.1 Å². The summed E-state index contributed by atoms with van der Waals surface area (Å²) in [7, 11) is -3.85. The molecule has 0 atom stereocenters. The molecule has 0 spiro atoms. The Hall–Kier alpha value is -2.24. The van der Waals surface area contributed by atoms with Gasteiger partial charge in [0, 0.05) is 12.0 Å². The largest absolute Gasteiger partial charge is 0.454 e. The molecule has 0 saturated heterocycles. The zero-order valence-corrected chi connectivity index (χ0v) is 16.0. The molecular formula is C15H18N4O5S2. The molecule has 9 nitrogen and oxygen atoms in total. The van der Waals surface area contributed by atoms with Gasteiger partial charge in [0.1, 0.15) is 0 Å². The fourth-order valence-electron chi connectivity index (χ4n) is 1.94. The lowest BCUT2D eigenvalue weighted by molar-refractivity contribution is -0.123. The van der Waals surface area contributed by atoms with Crippen LogP contribution < -0.4 is 19.5 Å². The number of benzene rings is 1. The van der Waals surface area contributed by atoms with Gasteiger partial charge >= 0.3 is 0 Å². The molecule has 1 aromatic heterocycles. The van der Waals surface area contributed by atoms with Crippen molar-refractivity contribution in [1.82, 2.24) is 14.9 Å². The summed E-state index contributed by atoms with van der Waals surface area (Å²) in [5, 5.41) is 10.1. The lowest BCUT2D eigenvalue weighted by Gasteiger charge is -2.15. The summed E-state index contributed by atoms with van der Waals surface area (Å²) in [6.45, 7) is 5.44. The number of rotatable bonds is 5. The Kier molecular flexibility index (Phi) is 4.86. The van der Waals surface area contributed by atoms with E-state index in [2.05, 4.69) is 20.2 Å². The van der Waals surface area contributed by atoms with Crippen LogP contribution in [0.4, 0.5) is 5.13 Å². The van der Waals surface area contributed by atoms with Crippen molar-refractivity contribution in [2.24, 2.45) is 5.41 Å². The molecule has 1 aromatic carbocycles. The first-order valence-electron chi connectivity index (χ1n) is 7.68. The molecule has 0 saturated carbocycles. The average Bonchev–Trinajstić information content (AvgIpc) is 3.20. The minimum atomic E-state index is -3.85. The van der Waals surface area contributed by atoms with Crippen LogP contribution in [-0.2, 0) is 21.4 Å². The van der Waals surface area contributed by atoms with E-state index in [1.807, 2.05) is 0 Å². The number of fused-ring (bicyclic) bond motifs is 1. The standard InChI is InChI=1S/C15H18N4O5S2/c1-15(2,3)12(20)17-13-18-19-14(25-13)26(21,22)16-7-9-4-5-10-11(6-9)24-8-23-10/h4-6,16H,7-8H2,1-3H3,(H,17,18,20). The van der Waals surface area contributed by atoms with E-state index in [1.54, 1.807) is 39.0 Å². The number of hydrogen-bond donors (Lipinski definition) is 2. The van der Waals surface area contributed by atoms with Crippen molar-refractivity contribution in [3.05, 3.63) is 23.8 Å². The SMILES string of the molecule is CC(C)(C)C(=O)Nc1nnc(S(=O)(=O)NCc2ccc3c(c2)OCO3)s1. The molecule has 3 rings (SSSR count). The Bertz CT molecular complexity index is 934. The van der Waals surface area contributed by atoms with Crippen LogP contribution in [0.25, 0.3) is 0 Å². The maximum absolute atomic E-state index is 12.4. The average molecular weight is 398 g/mol. The fraction of sp³-hybridized carbons (Fsp3) is 0.400. The van der Waals surface area contributed by atoms with Crippen LogP contribution in [0.2, 0.25) is 0 Å². The lowest BCUT2D eigenvalue weighted by atomic mass is 9.96. The van der Waals surface area contributed by atoms with E-state index in [1.165, 1.54) is 0 Å². The van der Waals surface area contributed by atoms with Gasteiger partial charge in [-0.1, -0.05) is 38.2 Å². The van der Waals surface area contributed by atoms with Crippen molar-refractivity contribution in [3.63, 3.8) is 0 Å². The molecule has 0 aliphatic carbocycles. The minimum Gasteiger partial charge on any atom is -0.454 e. The van der Waals surface area contributed by atoms with Crippen LogP contribution in [0.1, 0.15) is 26.3 Å². The normalized spacial score (nSPS) is 13.7. The molecule has 0 bridgehead atoms. The number of aromatic nitrogens is 2. The second-order valence-corrected chi connectivity index (χ2v) is 9.51. The fourth-order valence-corrected chi connectivity index (χ4v) is 3.90. The van der Waals surface area contributed by atoms with Crippen LogP contribution in [0.15, 0.2) is 22.5 Å². The molecule has 2 N–H and O–H groups in total. The van der Waals surface area contributed by atoms with Crippen LogP contribution in [0.5, 0.6) is 11.5 Å². The van der Waals surface area contributed by atoms with E-state index < -0.39 is 15.4 Å². The summed E-state index contributed by atoms with van der Waals surface area (Å²) >= 11 is 0.790. The van der Waals surface area contributed by atoms with E-state index in [0.29, 0.717) is 17.1 Å². The van der Waals surface area contributed by atoms with Crippen molar-refractivity contribution in [3.8, 4) is 11.5 Å². The van der Waals surface area contributed by atoms with Gasteiger partial charge < -0.3 is 14.8 Å². The second-order valence-electron chi connectivity index (χ2n) is 6.59. The first-order valence-corrected chi connectivity index (χ1v) is 9.98. The van der Waals surface area contributed by atoms with E-state index in [0.717, 1.165) is 11.3 Å². The summed E-state index contributed by atoms with van der Waals surface area (Å²) in [4.78, 5) is 11.9. The van der Waals surface area contributed by atoms with Gasteiger partial charge in [-0.05, 0) is 17.7 Å². The summed E-state index contributed by atoms with van der Waals surface area (Å²) in [6.07, 6.45) is 0. The Balaban J connectivity index is 1.66. The van der Waals surface area contributed by atoms with E-state index in [9.17, 15) is 13.2 Å². The molecule has 1 aliphatic heterocycles. The number of nitrogens with one attached hydrogen (secondary N) is 2. The van der Waals surface area contributed by atoms with Gasteiger partial charge in [-0.2, -0.15) is 0 Å². The topological polar surface area (TPSA) is 120 Å². The molecule has 0 unspecified atom stereocenters. The van der Waals surface area contributed by atoms with Crippen molar-refractivity contribution >= 4 is 32.4 Å². The Morgan fingerprint density at radius 1 is 1.23 bits per heavy atom. The van der Waals surface area contributed by atoms with Gasteiger partial charge in [-0.3, -0.25) is 4.79 Å². The smallest absolute Gasteiger partial charge is 0.270 e. The highest BCUT2D eigenvalue weighted by atomic mass is 32.2. The minimum absolute atomic E-state index is 0.0578. The molecule has 0 radical (unpaired) electrons. The number of ether oxygens (including phenoxy) is 2. The molecule has 2 aromatic rings. The quantitative estimate of drug-likeness (QED) is 0.736. The van der Waals surface area contributed by atoms with Crippen LogP contribution >= 0.6 is 11.3 Å². The highest BCUT2D eigenvalue weighted by Crippen LogP contribution is 2.32. The van der Waals surface area contributed by atoms with Gasteiger partial charge in [-0.15, -0.1) is 10.2 Å². The van der Waals surface area contributed by atoms with Crippen molar-refractivity contribution in [2.45, 2.75) is 31.7 Å². The lowest BCUT2D eigenvalue weighted by Crippen LogP contribution is -2.27. The zero-order valence-electron chi connectivity index (χ0n) is 14.4. The molecule has 1 amide bonds. The summed E-state index contributed by atoms with van der Waals surface area (Å²) in [5.74, 6) is 0.927. The van der Waals surface area contributed by atoms with E-state index in [4.69, 9.17) is 9.47 Å². The van der Waals surface area contributed by atoms with Crippen molar-refractivity contribution in [1.29, 1.82) is 0 Å². The van der Waals surface area contributed by atoms with Gasteiger partial charge in [0.05, 0.1) is 0 Å². The number of anilines is 1. The first-order chi connectivity index (χ1) is 12.1. The third-order valence-electron chi connectivity index (χ3n) is 3.44. The Labute approximate surface area is 154 Å².